The lowest BCUT2D eigenvalue weighted by Gasteiger charge is -2.32. The van der Waals surface area contributed by atoms with Crippen LogP contribution in [0.3, 0.4) is 0 Å². The van der Waals surface area contributed by atoms with Crippen molar-refractivity contribution in [2.45, 2.75) is 43.0 Å². The second kappa shape index (κ2) is 6.53. The predicted octanol–water partition coefficient (Wildman–Crippen LogP) is 3.01. The number of nitrogens with one attached hydrogen (secondary N) is 1. The number of carbonyl (C=O) groups is 1. The first kappa shape index (κ1) is 14.5. The van der Waals surface area contributed by atoms with Gasteiger partial charge in [0, 0.05) is 17.4 Å². The highest BCUT2D eigenvalue weighted by atomic mass is 79.9. The molecule has 0 aromatic heterocycles. The second-order valence-electron chi connectivity index (χ2n) is 5.30. The van der Waals surface area contributed by atoms with Gasteiger partial charge >= 0.3 is 0 Å². The van der Waals surface area contributed by atoms with E-state index in [1.165, 1.54) is 6.42 Å². The third kappa shape index (κ3) is 4.05. The first-order valence-electron chi connectivity index (χ1n) is 6.78. The average Bonchev–Trinajstić information content (AvgIpc) is 2.46. The van der Waals surface area contributed by atoms with Gasteiger partial charge in [-0.3, -0.25) is 4.79 Å². The maximum absolute atomic E-state index is 12.0. The Morgan fingerprint density at radius 1 is 1.21 bits per heavy atom. The zero-order valence-electron chi connectivity index (χ0n) is 11.0. The van der Waals surface area contributed by atoms with Crippen LogP contribution in [-0.2, 0) is 5.33 Å². The first-order chi connectivity index (χ1) is 9.13. The minimum Gasteiger partial charge on any atom is -0.388 e. The smallest absolute Gasteiger partial charge is 0.251 e. The van der Waals surface area contributed by atoms with Crippen LogP contribution in [0.15, 0.2) is 24.3 Å². The van der Waals surface area contributed by atoms with Gasteiger partial charge in [-0.15, -0.1) is 0 Å². The van der Waals surface area contributed by atoms with Crippen LogP contribution in [0.4, 0.5) is 0 Å². The van der Waals surface area contributed by atoms with Gasteiger partial charge in [-0.1, -0.05) is 47.3 Å². The van der Waals surface area contributed by atoms with E-state index in [4.69, 9.17) is 0 Å². The second-order valence-corrected chi connectivity index (χ2v) is 5.86. The molecule has 0 aliphatic heterocycles. The molecule has 104 valence electrons. The molecule has 0 unspecified atom stereocenters. The van der Waals surface area contributed by atoms with Gasteiger partial charge in [-0.2, -0.15) is 0 Å². The van der Waals surface area contributed by atoms with Crippen molar-refractivity contribution in [3.63, 3.8) is 0 Å². The molecule has 1 saturated carbocycles. The Kier molecular flexibility index (Phi) is 4.99. The molecule has 4 heteroatoms. The van der Waals surface area contributed by atoms with Crippen molar-refractivity contribution >= 4 is 21.8 Å². The Balaban J connectivity index is 1.89. The largest absolute Gasteiger partial charge is 0.388 e. The molecule has 1 fully saturated rings. The fourth-order valence-corrected chi connectivity index (χ4v) is 2.85. The maximum atomic E-state index is 12.0. The van der Waals surface area contributed by atoms with Gasteiger partial charge in [0.05, 0.1) is 5.60 Å². The van der Waals surface area contributed by atoms with Crippen molar-refractivity contribution in [2.75, 3.05) is 6.54 Å². The Morgan fingerprint density at radius 3 is 2.42 bits per heavy atom. The number of carbonyl (C=O) groups excluding carboxylic acids is 1. The fraction of sp³-hybridized carbons (Fsp3) is 0.533. The molecule has 0 saturated heterocycles. The minimum absolute atomic E-state index is 0.111. The van der Waals surface area contributed by atoms with Gasteiger partial charge in [0.2, 0.25) is 0 Å². The van der Waals surface area contributed by atoms with Crippen LogP contribution < -0.4 is 5.32 Å². The van der Waals surface area contributed by atoms with Gasteiger partial charge in [0.1, 0.15) is 0 Å². The zero-order chi connectivity index (χ0) is 13.7. The molecule has 1 amide bonds. The van der Waals surface area contributed by atoms with Gasteiger partial charge in [0.15, 0.2) is 0 Å². The summed E-state index contributed by atoms with van der Waals surface area (Å²) in [6, 6.07) is 7.49. The lowest BCUT2D eigenvalue weighted by atomic mass is 9.85. The van der Waals surface area contributed by atoms with E-state index in [9.17, 15) is 9.90 Å². The molecule has 1 aliphatic rings. The molecular formula is C15H20BrNO2. The highest BCUT2D eigenvalue weighted by molar-refractivity contribution is 9.08. The topological polar surface area (TPSA) is 49.3 Å². The summed E-state index contributed by atoms with van der Waals surface area (Å²) < 4.78 is 0. The van der Waals surface area contributed by atoms with E-state index in [1.807, 2.05) is 24.3 Å². The molecule has 2 rings (SSSR count). The lowest BCUT2D eigenvalue weighted by molar-refractivity contribution is 0.00526. The molecule has 0 bridgehead atoms. The van der Waals surface area contributed by atoms with Crippen LogP contribution in [0.5, 0.6) is 0 Å². The van der Waals surface area contributed by atoms with E-state index in [2.05, 4.69) is 21.2 Å². The summed E-state index contributed by atoms with van der Waals surface area (Å²) in [6.07, 6.45) is 4.86. The van der Waals surface area contributed by atoms with Crippen molar-refractivity contribution in [2.24, 2.45) is 0 Å². The van der Waals surface area contributed by atoms with Gasteiger partial charge in [0.25, 0.3) is 5.91 Å². The summed E-state index contributed by atoms with van der Waals surface area (Å²) in [5, 5.41) is 14.0. The molecular weight excluding hydrogens is 306 g/mol. The molecule has 2 N–H and O–H groups in total. The van der Waals surface area contributed by atoms with Crippen LogP contribution in [-0.4, -0.2) is 23.2 Å². The third-order valence-electron chi connectivity index (χ3n) is 3.73. The number of hydrogen-bond acceptors (Lipinski definition) is 2. The van der Waals surface area contributed by atoms with E-state index in [-0.39, 0.29) is 5.91 Å². The standard InChI is InChI=1S/C15H20BrNO2/c16-10-12-4-6-13(7-5-12)14(18)17-11-15(19)8-2-1-3-9-15/h4-7,19H,1-3,8-11H2,(H,17,18). The van der Waals surface area contributed by atoms with Crippen LogP contribution >= 0.6 is 15.9 Å². The SMILES string of the molecule is O=C(NCC1(O)CCCCC1)c1ccc(CBr)cc1. The summed E-state index contributed by atoms with van der Waals surface area (Å²) in [6.45, 7) is 0.353. The molecule has 3 nitrogen and oxygen atoms in total. The number of hydrogen-bond donors (Lipinski definition) is 2. The molecule has 1 aromatic rings. The zero-order valence-corrected chi connectivity index (χ0v) is 12.6. The number of aliphatic hydroxyl groups is 1. The Morgan fingerprint density at radius 2 is 1.84 bits per heavy atom. The third-order valence-corrected chi connectivity index (χ3v) is 4.38. The maximum Gasteiger partial charge on any atom is 0.251 e. The Hall–Kier alpha value is -0.870. The lowest BCUT2D eigenvalue weighted by Crippen LogP contribution is -2.44. The summed E-state index contributed by atoms with van der Waals surface area (Å²) >= 11 is 3.38. The van der Waals surface area contributed by atoms with Crippen molar-refractivity contribution in [1.82, 2.24) is 5.32 Å². The van der Waals surface area contributed by atoms with Gasteiger partial charge in [-0.25, -0.2) is 0 Å². The van der Waals surface area contributed by atoms with Crippen LogP contribution in [0.1, 0.15) is 48.0 Å². The Bertz CT molecular complexity index is 424. The molecule has 0 spiro atoms. The normalized spacial score (nSPS) is 18.0. The van der Waals surface area contributed by atoms with Crippen molar-refractivity contribution < 1.29 is 9.90 Å². The van der Waals surface area contributed by atoms with E-state index in [0.29, 0.717) is 12.1 Å². The van der Waals surface area contributed by atoms with Crippen LogP contribution in [0, 0.1) is 0 Å². The molecule has 0 atom stereocenters. The summed E-state index contributed by atoms with van der Waals surface area (Å²) in [4.78, 5) is 12.0. The summed E-state index contributed by atoms with van der Waals surface area (Å²) in [5.41, 5.74) is 1.08. The van der Waals surface area contributed by atoms with E-state index in [0.717, 1.165) is 36.6 Å². The van der Waals surface area contributed by atoms with Crippen molar-refractivity contribution in [3.8, 4) is 0 Å². The summed E-state index contributed by atoms with van der Waals surface area (Å²) in [5.74, 6) is -0.111. The van der Waals surface area contributed by atoms with E-state index < -0.39 is 5.60 Å². The molecule has 19 heavy (non-hydrogen) atoms. The predicted molar refractivity (Wildman–Crippen MR) is 79.4 cm³/mol. The average molecular weight is 326 g/mol. The number of alkyl halides is 1. The number of benzene rings is 1. The van der Waals surface area contributed by atoms with Crippen LogP contribution in [0.2, 0.25) is 0 Å². The van der Waals surface area contributed by atoms with E-state index >= 15 is 0 Å². The number of halogens is 1. The molecule has 1 aliphatic carbocycles. The van der Waals surface area contributed by atoms with Gasteiger partial charge in [-0.05, 0) is 30.5 Å². The summed E-state index contributed by atoms with van der Waals surface area (Å²) in [7, 11) is 0. The molecule has 0 heterocycles. The first-order valence-corrected chi connectivity index (χ1v) is 7.91. The van der Waals surface area contributed by atoms with Crippen molar-refractivity contribution in [3.05, 3.63) is 35.4 Å². The Labute approximate surface area is 122 Å². The number of rotatable bonds is 4. The monoisotopic (exact) mass is 325 g/mol. The minimum atomic E-state index is -0.705. The van der Waals surface area contributed by atoms with E-state index in [1.54, 1.807) is 0 Å². The highest BCUT2D eigenvalue weighted by Gasteiger charge is 2.29. The quantitative estimate of drug-likeness (QED) is 0.836. The molecule has 0 radical (unpaired) electrons. The van der Waals surface area contributed by atoms with Gasteiger partial charge < -0.3 is 10.4 Å². The highest BCUT2D eigenvalue weighted by Crippen LogP contribution is 2.27. The number of amides is 1. The van der Waals surface area contributed by atoms with Crippen molar-refractivity contribution in [1.29, 1.82) is 0 Å². The molecule has 1 aromatic carbocycles. The fourth-order valence-electron chi connectivity index (χ4n) is 2.48. The van der Waals surface area contributed by atoms with Crippen LogP contribution in [0.25, 0.3) is 0 Å².